The van der Waals surface area contributed by atoms with Crippen molar-refractivity contribution < 1.29 is 8.42 Å². The number of sulfonamides is 1. The zero-order chi connectivity index (χ0) is 15.3. The zero-order valence-corrected chi connectivity index (χ0v) is 14.3. The molecule has 1 aromatic rings. The van der Waals surface area contributed by atoms with Gasteiger partial charge in [0, 0.05) is 11.3 Å². The van der Waals surface area contributed by atoms with Crippen LogP contribution in [0.5, 0.6) is 0 Å². The van der Waals surface area contributed by atoms with E-state index in [9.17, 15) is 8.42 Å². The van der Waals surface area contributed by atoms with E-state index in [1.54, 1.807) is 12.1 Å². The van der Waals surface area contributed by atoms with Gasteiger partial charge in [-0.3, -0.25) is 0 Å². The molecule has 0 heterocycles. The summed E-state index contributed by atoms with van der Waals surface area (Å²) in [5.41, 5.74) is 0.686. The lowest BCUT2D eigenvalue weighted by Crippen LogP contribution is -2.36. The van der Waals surface area contributed by atoms with Crippen LogP contribution in [0.4, 0.5) is 5.69 Å². The fraction of sp³-hybridized carbons (Fsp3) is 0.600. The van der Waals surface area contributed by atoms with Crippen LogP contribution in [0.1, 0.15) is 32.1 Å². The third-order valence-electron chi connectivity index (χ3n) is 4.24. The molecule has 0 atom stereocenters. The maximum atomic E-state index is 12.1. The molecular weight excluding hydrogens is 304 g/mol. The van der Waals surface area contributed by atoms with Crippen molar-refractivity contribution in [2.75, 3.05) is 25.2 Å². The summed E-state index contributed by atoms with van der Waals surface area (Å²) in [5, 5.41) is 3.38. The molecule has 2 rings (SSSR count). The third kappa shape index (κ3) is 3.93. The average Bonchev–Trinajstić information content (AvgIpc) is 2.54. The van der Waals surface area contributed by atoms with E-state index < -0.39 is 10.0 Å². The van der Waals surface area contributed by atoms with Crippen LogP contribution in [0.2, 0.25) is 0 Å². The van der Waals surface area contributed by atoms with Gasteiger partial charge in [0.25, 0.3) is 0 Å². The van der Waals surface area contributed by atoms with Gasteiger partial charge in [0.1, 0.15) is 4.90 Å². The second-order valence-electron chi connectivity index (χ2n) is 5.51. The molecule has 0 aromatic heterocycles. The number of nitrogens with one attached hydrogen (secondary N) is 2. The highest BCUT2D eigenvalue weighted by Crippen LogP contribution is 2.39. The Labute approximate surface area is 132 Å². The molecule has 1 saturated carbocycles. The Morgan fingerprint density at radius 1 is 1.19 bits per heavy atom. The summed E-state index contributed by atoms with van der Waals surface area (Å²) in [7, 11) is -1.99. The average molecular weight is 329 g/mol. The second kappa shape index (κ2) is 7.03. The van der Waals surface area contributed by atoms with Crippen molar-refractivity contribution in [1.82, 2.24) is 4.72 Å². The molecule has 1 aromatic carbocycles. The van der Waals surface area contributed by atoms with Gasteiger partial charge in [-0.1, -0.05) is 31.4 Å². The first kappa shape index (κ1) is 16.6. The number of anilines is 1. The Balaban J connectivity index is 2.17. The third-order valence-corrected chi connectivity index (χ3v) is 7.14. The van der Waals surface area contributed by atoms with Crippen molar-refractivity contribution in [3.05, 3.63) is 24.3 Å². The highest BCUT2D eigenvalue weighted by atomic mass is 32.2. The van der Waals surface area contributed by atoms with E-state index in [0.717, 1.165) is 6.54 Å². The summed E-state index contributed by atoms with van der Waals surface area (Å²) >= 11 is 1.90. The standard InChI is InChI=1S/C15H24N2O2S2/c1-16-21(18,19)14-9-5-4-8-13(14)17-12-15(20-2)10-6-3-7-11-15/h4-5,8-9,16-17H,3,6-7,10-12H2,1-2H3. The summed E-state index contributed by atoms with van der Waals surface area (Å²) in [5.74, 6) is 0. The Bertz CT molecular complexity index is 567. The number of benzene rings is 1. The van der Waals surface area contributed by atoms with Crippen LogP contribution in [-0.2, 0) is 10.0 Å². The predicted molar refractivity (Wildman–Crippen MR) is 90.5 cm³/mol. The molecule has 1 aliphatic carbocycles. The topological polar surface area (TPSA) is 58.2 Å². The Morgan fingerprint density at radius 2 is 1.86 bits per heavy atom. The summed E-state index contributed by atoms with van der Waals surface area (Å²) in [6.45, 7) is 0.810. The van der Waals surface area contributed by atoms with Gasteiger partial charge in [-0.15, -0.1) is 0 Å². The van der Waals surface area contributed by atoms with Gasteiger partial charge >= 0.3 is 0 Å². The lowest BCUT2D eigenvalue weighted by atomic mass is 9.88. The van der Waals surface area contributed by atoms with E-state index in [4.69, 9.17) is 0 Å². The lowest BCUT2D eigenvalue weighted by molar-refractivity contribution is 0.411. The largest absolute Gasteiger partial charge is 0.383 e. The molecule has 0 unspecified atom stereocenters. The summed E-state index contributed by atoms with van der Waals surface area (Å²) in [6, 6.07) is 7.09. The van der Waals surface area contributed by atoms with Gasteiger partial charge < -0.3 is 5.32 Å². The fourth-order valence-electron chi connectivity index (χ4n) is 2.86. The van der Waals surface area contributed by atoms with Gasteiger partial charge in [0.05, 0.1) is 5.69 Å². The van der Waals surface area contributed by atoms with Gasteiger partial charge in [0.15, 0.2) is 0 Å². The summed E-state index contributed by atoms with van der Waals surface area (Å²) < 4.78 is 26.7. The SMILES string of the molecule is CNS(=O)(=O)c1ccccc1NCC1(SC)CCCCC1. The lowest BCUT2D eigenvalue weighted by Gasteiger charge is -2.36. The van der Waals surface area contributed by atoms with Crippen molar-refractivity contribution in [3.8, 4) is 0 Å². The molecule has 1 fully saturated rings. The Hall–Kier alpha value is -0.720. The maximum Gasteiger partial charge on any atom is 0.242 e. The predicted octanol–water partition coefficient (Wildman–Crippen LogP) is 3.07. The van der Waals surface area contributed by atoms with Crippen LogP contribution in [0.25, 0.3) is 0 Å². The van der Waals surface area contributed by atoms with E-state index in [1.807, 2.05) is 23.9 Å². The fourth-order valence-corrected chi connectivity index (χ4v) is 4.68. The number of hydrogen-bond donors (Lipinski definition) is 2. The van der Waals surface area contributed by atoms with E-state index in [0.29, 0.717) is 10.6 Å². The molecular formula is C15H24N2O2S2. The summed E-state index contributed by atoms with van der Waals surface area (Å²) in [6.07, 6.45) is 8.39. The van der Waals surface area contributed by atoms with Crippen molar-refractivity contribution >= 4 is 27.5 Å². The van der Waals surface area contributed by atoms with Crippen molar-refractivity contribution in [3.63, 3.8) is 0 Å². The van der Waals surface area contributed by atoms with Gasteiger partial charge in [-0.25, -0.2) is 13.1 Å². The minimum absolute atomic E-state index is 0.231. The minimum atomic E-state index is -3.43. The number of rotatable bonds is 6. The molecule has 0 radical (unpaired) electrons. The van der Waals surface area contributed by atoms with E-state index in [2.05, 4.69) is 16.3 Å². The van der Waals surface area contributed by atoms with Crippen LogP contribution in [-0.4, -0.2) is 33.0 Å². The molecule has 6 heteroatoms. The molecule has 0 bridgehead atoms. The van der Waals surface area contributed by atoms with Crippen LogP contribution in [0, 0.1) is 0 Å². The monoisotopic (exact) mass is 328 g/mol. The number of thioether (sulfide) groups is 1. The van der Waals surface area contributed by atoms with Crippen molar-refractivity contribution in [2.45, 2.75) is 41.7 Å². The normalized spacial score (nSPS) is 18.4. The highest BCUT2D eigenvalue weighted by Gasteiger charge is 2.31. The van der Waals surface area contributed by atoms with E-state index in [-0.39, 0.29) is 4.75 Å². The second-order valence-corrected chi connectivity index (χ2v) is 8.63. The molecule has 0 aliphatic heterocycles. The quantitative estimate of drug-likeness (QED) is 0.842. The highest BCUT2D eigenvalue weighted by molar-refractivity contribution is 8.00. The summed E-state index contributed by atoms with van der Waals surface area (Å²) in [4.78, 5) is 0.319. The van der Waals surface area contributed by atoms with Crippen LogP contribution in [0.3, 0.4) is 0 Å². The molecule has 1 aliphatic rings. The van der Waals surface area contributed by atoms with E-state index >= 15 is 0 Å². The van der Waals surface area contributed by atoms with Gasteiger partial charge in [-0.2, -0.15) is 11.8 Å². The first-order chi connectivity index (χ1) is 10.0. The van der Waals surface area contributed by atoms with Crippen molar-refractivity contribution in [1.29, 1.82) is 0 Å². The molecule has 0 amide bonds. The number of para-hydroxylation sites is 1. The Morgan fingerprint density at radius 3 is 2.48 bits per heavy atom. The first-order valence-electron chi connectivity index (χ1n) is 7.35. The molecule has 4 nitrogen and oxygen atoms in total. The van der Waals surface area contributed by atoms with E-state index in [1.165, 1.54) is 39.2 Å². The molecule has 21 heavy (non-hydrogen) atoms. The van der Waals surface area contributed by atoms with Gasteiger partial charge in [0.2, 0.25) is 10.0 Å². The van der Waals surface area contributed by atoms with Crippen LogP contribution >= 0.6 is 11.8 Å². The van der Waals surface area contributed by atoms with Crippen LogP contribution < -0.4 is 10.0 Å². The minimum Gasteiger partial charge on any atom is -0.383 e. The molecule has 0 saturated heterocycles. The molecule has 0 spiro atoms. The van der Waals surface area contributed by atoms with Crippen LogP contribution in [0.15, 0.2) is 29.2 Å². The maximum absolute atomic E-state index is 12.1. The molecule has 2 N–H and O–H groups in total. The zero-order valence-electron chi connectivity index (χ0n) is 12.7. The first-order valence-corrected chi connectivity index (χ1v) is 10.1. The van der Waals surface area contributed by atoms with Gasteiger partial charge in [-0.05, 0) is 38.3 Å². The Kier molecular flexibility index (Phi) is 5.57. The van der Waals surface area contributed by atoms with Crippen molar-refractivity contribution in [2.24, 2.45) is 0 Å². The smallest absolute Gasteiger partial charge is 0.242 e. The molecule has 118 valence electrons. The number of hydrogen-bond acceptors (Lipinski definition) is 4.